The van der Waals surface area contributed by atoms with E-state index in [9.17, 15) is 9.59 Å². The van der Waals surface area contributed by atoms with Crippen molar-refractivity contribution in [1.29, 1.82) is 0 Å². The lowest BCUT2D eigenvalue weighted by atomic mass is 10.0. The zero-order chi connectivity index (χ0) is 19.9. The second-order valence-corrected chi connectivity index (χ2v) is 7.20. The van der Waals surface area contributed by atoms with Crippen LogP contribution < -0.4 is 15.8 Å². The fourth-order valence-corrected chi connectivity index (χ4v) is 3.34. The number of amides is 1. The Morgan fingerprint density at radius 1 is 1.36 bits per heavy atom. The first kappa shape index (κ1) is 19.9. The molecule has 1 fully saturated rings. The number of nitrogens with one attached hydrogen (secondary N) is 1. The van der Waals surface area contributed by atoms with Crippen LogP contribution in [0.1, 0.15) is 43.4 Å². The van der Waals surface area contributed by atoms with E-state index in [4.69, 9.17) is 15.0 Å². The maximum atomic E-state index is 12.7. The molecular formula is C20H26N4O4. The summed E-state index contributed by atoms with van der Waals surface area (Å²) in [6, 6.07) is 4.58. The standard InChI is InChI=1S/C20H26N4O4/c1-13-10-19(24-28-13)27-12-17(25)16(23-20(26)15-4-2-3-5-15)8-6-14-7-9-18(21)22-11-14/h7,9-11,15-16H,2-6,8,12H2,1H3,(H2,21,22)(H,23,26). The Hall–Kier alpha value is -2.90. The summed E-state index contributed by atoms with van der Waals surface area (Å²) in [5.41, 5.74) is 6.56. The van der Waals surface area contributed by atoms with Gasteiger partial charge in [-0.25, -0.2) is 4.98 Å². The molecule has 3 rings (SSSR count). The second-order valence-electron chi connectivity index (χ2n) is 7.20. The minimum atomic E-state index is -0.626. The lowest BCUT2D eigenvalue weighted by Gasteiger charge is -2.20. The SMILES string of the molecule is Cc1cc(OCC(=O)C(CCc2ccc(N)nc2)NC(=O)C2CCCC2)no1. The Morgan fingerprint density at radius 3 is 2.79 bits per heavy atom. The van der Waals surface area contributed by atoms with Crippen molar-refractivity contribution in [2.24, 2.45) is 5.92 Å². The molecule has 1 aliphatic carbocycles. The zero-order valence-electron chi connectivity index (χ0n) is 16.0. The molecule has 8 heteroatoms. The van der Waals surface area contributed by atoms with Crippen LogP contribution in [0.5, 0.6) is 5.88 Å². The number of carbonyl (C=O) groups excluding carboxylic acids is 2. The molecule has 0 radical (unpaired) electrons. The quantitative estimate of drug-likeness (QED) is 0.678. The topological polar surface area (TPSA) is 120 Å². The molecule has 0 bridgehead atoms. The van der Waals surface area contributed by atoms with Crippen molar-refractivity contribution < 1.29 is 18.8 Å². The minimum Gasteiger partial charge on any atom is -0.467 e. The molecule has 1 atom stereocenters. The van der Waals surface area contributed by atoms with Crippen molar-refractivity contribution in [3.63, 3.8) is 0 Å². The Balaban J connectivity index is 1.60. The van der Waals surface area contributed by atoms with Crippen LogP contribution in [0.25, 0.3) is 0 Å². The number of nitrogens with zero attached hydrogens (tertiary/aromatic N) is 2. The van der Waals surface area contributed by atoms with Gasteiger partial charge in [0.25, 0.3) is 5.88 Å². The van der Waals surface area contributed by atoms with Crippen LogP contribution in [0.4, 0.5) is 5.82 Å². The summed E-state index contributed by atoms with van der Waals surface area (Å²) < 4.78 is 10.3. The Morgan fingerprint density at radius 2 is 2.14 bits per heavy atom. The van der Waals surface area contributed by atoms with Crippen molar-refractivity contribution in [2.45, 2.75) is 51.5 Å². The first-order valence-electron chi connectivity index (χ1n) is 9.61. The molecule has 0 aliphatic heterocycles. The Kier molecular flexibility index (Phi) is 6.62. The number of Topliss-reactive ketones (excluding diaryl/α,β-unsaturated/α-hetero) is 1. The number of nitrogens with two attached hydrogens (primary N) is 1. The van der Waals surface area contributed by atoms with E-state index < -0.39 is 6.04 Å². The molecule has 2 aromatic heterocycles. The van der Waals surface area contributed by atoms with E-state index in [2.05, 4.69) is 15.5 Å². The zero-order valence-corrected chi connectivity index (χ0v) is 16.0. The molecule has 0 aromatic carbocycles. The number of rotatable bonds is 9. The summed E-state index contributed by atoms with van der Waals surface area (Å²) in [5.74, 6) is 1.05. The monoisotopic (exact) mass is 386 g/mol. The summed E-state index contributed by atoms with van der Waals surface area (Å²) in [6.07, 6.45) is 6.61. The van der Waals surface area contributed by atoms with E-state index in [1.807, 2.05) is 6.07 Å². The number of nitrogen functional groups attached to an aromatic ring is 1. The fourth-order valence-electron chi connectivity index (χ4n) is 3.34. The first-order chi connectivity index (χ1) is 13.5. The molecular weight excluding hydrogens is 360 g/mol. The van der Waals surface area contributed by atoms with E-state index in [1.54, 1.807) is 25.3 Å². The van der Waals surface area contributed by atoms with Crippen molar-refractivity contribution >= 4 is 17.5 Å². The number of hydrogen-bond donors (Lipinski definition) is 2. The molecule has 1 unspecified atom stereocenters. The van der Waals surface area contributed by atoms with Crippen LogP contribution in [-0.4, -0.2) is 34.5 Å². The van der Waals surface area contributed by atoms with Gasteiger partial charge in [0.1, 0.15) is 11.6 Å². The summed E-state index contributed by atoms with van der Waals surface area (Å²) in [7, 11) is 0. The lowest BCUT2D eigenvalue weighted by Crippen LogP contribution is -2.45. The van der Waals surface area contributed by atoms with Crippen LogP contribution in [0.2, 0.25) is 0 Å². The van der Waals surface area contributed by atoms with Crippen LogP contribution in [0.15, 0.2) is 28.9 Å². The third-order valence-electron chi connectivity index (χ3n) is 4.97. The van der Waals surface area contributed by atoms with Gasteiger partial charge in [-0.2, -0.15) is 0 Å². The highest BCUT2D eigenvalue weighted by Crippen LogP contribution is 2.25. The average molecular weight is 386 g/mol. The van der Waals surface area contributed by atoms with Crippen LogP contribution in [0.3, 0.4) is 0 Å². The van der Waals surface area contributed by atoms with E-state index in [-0.39, 0.29) is 30.1 Å². The summed E-state index contributed by atoms with van der Waals surface area (Å²) >= 11 is 0. The predicted molar refractivity (Wildman–Crippen MR) is 103 cm³/mol. The molecule has 1 amide bonds. The number of anilines is 1. The fraction of sp³-hybridized carbons (Fsp3) is 0.500. The molecule has 1 aliphatic rings. The molecule has 8 nitrogen and oxygen atoms in total. The highest BCUT2D eigenvalue weighted by molar-refractivity contribution is 5.90. The van der Waals surface area contributed by atoms with Gasteiger partial charge in [0.05, 0.1) is 6.04 Å². The normalized spacial score (nSPS) is 15.3. The lowest BCUT2D eigenvalue weighted by molar-refractivity contribution is -0.131. The third-order valence-corrected chi connectivity index (χ3v) is 4.97. The number of ketones is 1. The van der Waals surface area contributed by atoms with E-state index in [0.29, 0.717) is 24.4 Å². The van der Waals surface area contributed by atoms with Gasteiger partial charge in [0, 0.05) is 18.2 Å². The minimum absolute atomic E-state index is 0.00685. The van der Waals surface area contributed by atoms with Gasteiger partial charge in [-0.1, -0.05) is 18.9 Å². The van der Waals surface area contributed by atoms with Crippen LogP contribution in [0, 0.1) is 12.8 Å². The number of pyridine rings is 1. The summed E-state index contributed by atoms with van der Waals surface area (Å²) in [4.78, 5) is 29.3. The molecule has 0 saturated heterocycles. The smallest absolute Gasteiger partial charge is 0.254 e. The predicted octanol–water partition coefficient (Wildman–Crippen LogP) is 2.22. The van der Waals surface area contributed by atoms with E-state index in [0.717, 1.165) is 31.2 Å². The molecule has 2 heterocycles. The van der Waals surface area contributed by atoms with Gasteiger partial charge >= 0.3 is 0 Å². The van der Waals surface area contributed by atoms with Gasteiger partial charge in [-0.15, -0.1) is 0 Å². The largest absolute Gasteiger partial charge is 0.467 e. The average Bonchev–Trinajstić information content (AvgIpc) is 3.36. The molecule has 3 N–H and O–H groups in total. The number of aryl methyl sites for hydroxylation is 2. The molecule has 1 saturated carbocycles. The van der Waals surface area contributed by atoms with E-state index >= 15 is 0 Å². The van der Waals surface area contributed by atoms with Gasteiger partial charge in [-0.05, 0) is 49.4 Å². The van der Waals surface area contributed by atoms with Gasteiger partial charge in [0.2, 0.25) is 5.91 Å². The molecule has 150 valence electrons. The number of hydrogen-bond acceptors (Lipinski definition) is 7. The number of ether oxygens (including phenoxy) is 1. The molecule has 0 spiro atoms. The summed E-state index contributed by atoms with van der Waals surface area (Å²) in [5, 5.41) is 6.64. The maximum Gasteiger partial charge on any atom is 0.254 e. The van der Waals surface area contributed by atoms with Crippen molar-refractivity contribution in [2.75, 3.05) is 12.3 Å². The third kappa shape index (κ3) is 5.55. The van der Waals surface area contributed by atoms with E-state index in [1.165, 1.54) is 0 Å². The van der Waals surface area contributed by atoms with Crippen LogP contribution in [-0.2, 0) is 16.0 Å². The Bertz CT molecular complexity index is 797. The van der Waals surface area contributed by atoms with Crippen molar-refractivity contribution in [3.05, 3.63) is 35.7 Å². The summed E-state index contributed by atoms with van der Waals surface area (Å²) in [6.45, 7) is 1.56. The second kappa shape index (κ2) is 9.34. The molecule has 28 heavy (non-hydrogen) atoms. The first-order valence-corrected chi connectivity index (χ1v) is 9.61. The number of aromatic nitrogens is 2. The van der Waals surface area contributed by atoms with Gasteiger partial charge in [-0.3, -0.25) is 9.59 Å². The Labute approximate surface area is 163 Å². The maximum absolute atomic E-state index is 12.7. The highest BCUT2D eigenvalue weighted by Gasteiger charge is 2.27. The highest BCUT2D eigenvalue weighted by atomic mass is 16.5. The van der Waals surface area contributed by atoms with Crippen molar-refractivity contribution in [1.82, 2.24) is 15.5 Å². The van der Waals surface area contributed by atoms with Gasteiger partial charge < -0.3 is 20.3 Å². The van der Waals surface area contributed by atoms with Crippen LogP contribution >= 0.6 is 0 Å². The van der Waals surface area contributed by atoms with Gasteiger partial charge in [0.15, 0.2) is 12.4 Å². The number of carbonyl (C=O) groups is 2. The molecule has 2 aromatic rings. The van der Waals surface area contributed by atoms with Crippen molar-refractivity contribution in [3.8, 4) is 5.88 Å².